The van der Waals surface area contributed by atoms with Crippen LogP contribution in [-0.2, 0) is 6.61 Å². The standard InChI is InChI=1S/C25H21N5O/c1-18-27-24(23-16-26-30(25(23)28-18)21-10-6-3-7-11-21)29-20-12-14-22(15-13-20)31-17-19-8-4-2-5-9-19/h2-16H,17H2,1H3,(H,27,28,29). The molecule has 0 aliphatic heterocycles. The molecule has 6 heteroatoms. The van der Waals surface area contributed by atoms with Crippen LogP contribution in [-0.4, -0.2) is 19.7 Å². The van der Waals surface area contributed by atoms with Gasteiger partial charge in [0.15, 0.2) is 5.65 Å². The van der Waals surface area contributed by atoms with Crippen molar-refractivity contribution in [2.45, 2.75) is 13.5 Å². The first-order valence-corrected chi connectivity index (χ1v) is 10.1. The molecule has 0 bridgehead atoms. The van der Waals surface area contributed by atoms with Crippen LogP contribution in [0.2, 0.25) is 0 Å². The molecule has 0 amide bonds. The molecule has 5 aromatic rings. The van der Waals surface area contributed by atoms with Gasteiger partial charge in [-0.1, -0.05) is 48.5 Å². The van der Waals surface area contributed by atoms with Crippen LogP contribution in [0.3, 0.4) is 0 Å². The van der Waals surface area contributed by atoms with Gasteiger partial charge in [-0.3, -0.25) is 0 Å². The highest BCUT2D eigenvalue weighted by atomic mass is 16.5. The predicted molar refractivity (Wildman–Crippen MR) is 122 cm³/mol. The van der Waals surface area contributed by atoms with Gasteiger partial charge in [0, 0.05) is 5.69 Å². The quantitative estimate of drug-likeness (QED) is 0.406. The van der Waals surface area contributed by atoms with Crippen molar-refractivity contribution in [3.8, 4) is 11.4 Å². The molecule has 152 valence electrons. The highest BCUT2D eigenvalue weighted by Gasteiger charge is 2.13. The molecule has 1 N–H and O–H groups in total. The second-order valence-corrected chi connectivity index (χ2v) is 7.17. The van der Waals surface area contributed by atoms with E-state index in [9.17, 15) is 0 Å². The summed E-state index contributed by atoms with van der Waals surface area (Å²) in [7, 11) is 0. The van der Waals surface area contributed by atoms with Crippen molar-refractivity contribution in [3.63, 3.8) is 0 Å². The van der Waals surface area contributed by atoms with E-state index in [1.165, 1.54) is 0 Å². The van der Waals surface area contributed by atoms with E-state index < -0.39 is 0 Å². The molecule has 0 aliphatic rings. The van der Waals surface area contributed by atoms with Crippen molar-refractivity contribution in [1.82, 2.24) is 19.7 Å². The Bertz CT molecular complexity index is 1300. The summed E-state index contributed by atoms with van der Waals surface area (Å²) in [6, 6.07) is 27.9. The van der Waals surface area contributed by atoms with Gasteiger partial charge in [0.1, 0.15) is 24.0 Å². The third kappa shape index (κ3) is 4.09. The number of nitrogens with one attached hydrogen (secondary N) is 1. The Morgan fingerprint density at radius 2 is 1.55 bits per heavy atom. The molecule has 0 spiro atoms. The van der Waals surface area contributed by atoms with Crippen molar-refractivity contribution in [2.24, 2.45) is 0 Å². The van der Waals surface area contributed by atoms with E-state index in [4.69, 9.17) is 4.74 Å². The zero-order valence-corrected chi connectivity index (χ0v) is 17.1. The fraction of sp³-hybridized carbons (Fsp3) is 0.0800. The number of nitrogens with zero attached hydrogens (tertiary/aromatic N) is 4. The van der Waals surface area contributed by atoms with Gasteiger partial charge in [0.05, 0.1) is 17.3 Å². The molecule has 0 atom stereocenters. The number of fused-ring (bicyclic) bond motifs is 1. The molecule has 2 aromatic heterocycles. The van der Waals surface area contributed by atoms with Crippen molar-refractivity contribution < 1.29 is 4.74 Å². The Labute approximate surface area is 180 Å². The van der Waals surface area contributed by atoms with Crippen molar-refractivity contribution in [2.75, 3.05) is 5.32 Å². The molecule has 0 unspecified atom stereocenters. The lowest BCUT2D eigenvalue weighted by Crippen LogP contribution is -2.02. The largest absolute Gasteiger partial charge is 0.489 e. The monoisotopic (exact) mass is 407 g/mol. The minimum absolute atomic E-state index is 0.540. The molecule has 3 aromatic carbocycles. The SMILES string of the molecule is Cc1nc(Nc2ccc(OCc3ccccc3)cc2)c2cnn(-c3ccccc3)c2n1. The van der Waals surface area contributed by atoms with Gasteiger partial charge >= 0.3 is 0 Å². The van der Waals surface area contributed by atoms with E-state index in [-0.39, 0.29) is 0 Å². The van der Waals surface area contributed by atoms with Gasteiger partial charge in [-0.2, -0.15) is 5.10 Å². The van der Waals surface area contributed by atoms with Gasteiger partial charge < -0.3 is 10.1 Å². The first kappa shape index (κ1) is 18.8. The van der Waals surface area contributed by atoms with E-state index in [0.717, 1.165) is 39.5 Å². The van der Waals surface area contributed by atoms with Crippen LogP contribution >= 0.6 is 0 Å². The van der Waals surface area contributed by atoms with Crippen LogP contribution in [0, 0.1) is 6.92 Å². The fourth-order valence-corrected chi connectivity index (χ4v) is 3.38. The summed E-state index contributed by atoms with van der Waals surface area (Å²) >= 11 is 0. The summed E-state index contributed by atoms with van der Waals surface area (Å²) in [5, 5.41) is 8.78. The summed E-state index contributed by atoms with van der Waals surface area (Å²) in [5.41, 5.74) is 3.78. The third-order valence-electron chi connectivity index (χ3n) is 4.91. The highest BCUT2D eigenvalue weighted by Crippen LogP contribution is 2.26. The Balaban J connectivity index is 1.37. The molecule has 0 saturated carbocycles. The number of ether oxygens (including phenoxy) is 1. The topological polar surface area (TPSA) is 64.9 Å². The molecule has 0 aliphatic carbocycles. The van der Waals surface area contributed by atoms with E-state index in [1.807, 2.05) is 96.5 Å². The number of hydrogen-bond acceptors (Lipinski definition) is 5. The maximum absolute atomic E-state index is 5.87. The Kier molecular flexibility index (Phi) is 5.02. The lowest BCUT2D eigenvalue weighted by Gasteiger charge is -2.10. The van der Waals surface area contributed by atoms with Crippen LogP contribution in [0.25, 0.3) is 16.7 Å². The maximum Gasteiger partial charge on any atom is 0.168 e. The number of anilines is 2. The Hall–Kier alpha value is -4.19. The lowest BCUT2D eigenvalue weighted by molar-refractivity contribution is 0.306. The van der Waals surface area contributed by atoms with E-state index in [0.29, 0.717) is 12.4 Å². The zero-order chi connectivity index (χ0) is 21.0. The average molecular weight is 407 g/mol. The molecule has 2 heterocycles. The van der Waals surface area contributed by atoms with Gasteiger partial charge in [-0.05, 0) is 48.9 Å². The second kappa shape index (κ2) is 8.28. The van der Waals surface area contributed by atoms with Crippen molar-refractivity contribution >= 4 is 22.5 Å². The van der Waals surface area contributed by atoms with E-state index >= 15 is 0 Å². The summed E-state index contributed by atoms with van der Waals surface area (Å²) in [5.74, 6) is 2.22. The average Bonchev–Trinajstić information content (AvgIpc) is 3.24. The van der Waals surface area contributed by atoms with Crippen molar-refractivity contribution in [1.29, 1.82) is 0 Å². The summed E-state index contributed by atoms with van der Waals surface area (Å²) in [6.45, 7) is 2.42. The van der Waals surface area contributed by atoms with Gasteiger partial charge in [-0.15, -0.1) is 0 Å². The predicted octanol–water partition coefficient (Wildman–Crippen LogP) is 5.45. The maximum atomic E-state index is 5.87. The first-order valence-electron chi connectivity index (χ1n) is 10.1. The van der Waals surface area contributed by atoms with Gasteiger partial charge in [0.25, 0.3) is 0 Å². The van der Waals surface area contributed by atoms with Crippen molar-refractivity contribution in [3.05, 3.63) is 103 Å². The molecule has 6 nitrogen and oxygen atoms in total. The van der Waals surface area contributed by atoms with Gasteiger partial charge in [0.2, 0.25) is 0 Å². The normalized spacial score (nSPS) is 10.9. The smallest absolute Gasteiger partial charge is 0.168 e. The number of aryl methyl sites for hydroxylation is 1. The highest BCUT2D eigenvalue weighted by molar-refractivity contribution is 5.89. The van der Waals surface area contributed by atoms with Crippen LogP contribution < -0.4 is 10.1 Å². The van der Waals surface area contributed by atoms with Crippen LogP contribution in [0.1, 0.15) is 11.4 Å². The minimum Gasteiger partial charge on any atom is -0.489 e. The number of para-hydroxylation sites is 1. The van der Waals surface area contributed by atoms with E-state index in [1.54, 1.807) is 6.20 Å². The molecule has 0 radical (unpaired) electrons. The molecule has 0 saturated heterocycles. The molecule has 31 heavy (non-hydrogen) atoms. The summed E-state index contributed by atoms with van der Waals surface area (Å²) in [4.78, 5) is 9.21. The molecular formula is C25H21N5O. The number of rotatable bonds is 6. The number of benzene rings is 3. The minimum atomic E-state index is 0.540. The lowest BCUT2D eigenvalue weighted by atomic mass is 10.2. The van der Waals surface area contributed by atoms with Crippen LogP contribution in [0.15, 0.2) is 91.1 Å². The number of hydrogen-bond donors (Lipinski definition) is 1. The third-order valence-corrected chi connectivity index (χ3v) is 4.91. The summed E-state index contributed by atoms with van der Waals surface area (Å²) < 4.78 is 7.70. The number of aromatic nitrogens is 4. The van der Waals surface area contributed by atoms with E-state index in [2.05, 4.69) is 20.4 Å². The van der Waals surface area contributed by atoms with Crippen LogP contribution in [0.4, 0.5) is 11.5 Å². The zero-order valence-electron chi connectivity index (χ0n) is 17.1. The summed E-state index contributed by atoms with van der Waals surface area (Å²) in [6.07, 6.45) is 1.79. The Morgan fingerprint density at radius 1 is 0.839 bits per heavy atom. The van der Waals surface area contributed by atoms with Gasteiger partial charge in [-0.25, -0.2) is 14.6 Å². The second-order valence-electron chi connectivity index (χ2n) is 7.17. The molecule has 5 rings (SSSR count). The van der Waals surface area contributed by atoms with Crippen LogP contribution in [0.5, 0.6) is 5.75 Å². The fourth-order valence-electron chi connectivity index (χ4n) is 3.38. The first-order chi connectivity index (χ1) is 15.3. The molecule has 0 fully saturated rings. The molecular weight excluding hydrogens is 386 g/mol. The Morgan fingerprint density at radius 3 is 2.29 bits per heavy atom.